The average molecular weight is 314 g/mol. The molecule has 0 N–H and O–H groups in total. The third-order valence-electron chi connectivity index (χ3n) is 2.54. The molecule has 0 spiro atoms. The minimum Gasteiger partial charge on any atom is -0.140 e. The first kappa shape index (κ1) is 15.6. The van der Waals surface area contributed by atoms with Gasteiger partial charge in [-0.15, -0.1) is 11.3 Å². The van der Waals surface area contributed by atoms with Crippen LogP contribution in [0.25, 0.3) is 0 Å². The molecule has 0 amide bonds. The van der Waals surface area contributed by atoms with Crippen LogP contribution in [0.1, 0.15) is 56.9 Å². The number of halogens is 3. The Morgan fingerprint density at radius 2 is 1.35 bits per heavy atom. The molecule has 1 heterocycles. The van der Waals surface area contributed by atoms with Crippen LogP contribution in [0.3, 0.4) is 0 Å². The molecule has 98 valence electrons. The Kier molecular flexibility index (Phi) is 4.22. The summed E-state index contributed by atoms with van der Waals surface area (Å²) in [5, 5.41) is 0. The van der Waals surface area contributed by atoms with Crippen molar-refractivity contribution in [2.24, 2.45) is 0 Å². The molecule has 0 unspecified atom stereocenters. The van der Waals surface area contributed by atoms with Crippen LogP contribution in [-0.2, 0) is 14.6 Å². The Hall–Kier alpha value is 0.570. The van der Waals surface area contributed by atoms with Crippen molar-refractivity contribution in [2.75, 3.05) is 0 Å². The van der Waals surface area contributed by atoms with E-state index < -0.39 is 3.79 Å². The smallest absolute Gasteiger partial charge is 0.140 e. The Bertz CT molecular complexity index is 368. The second-order valence-corrected chi connectivity index (χ2v) is 9.68. The minimum absolute atomic E-state index is 0.0146. The summed E-state index contributed by atoms with van der Waals surface area (Å²) >= 11 is 19.8. The maximum absolute atomic E-state index is 6.07. The van der Waals surface area contributed by atoms with Crippen LogP contribution >= 0.6 is 46.1 Å². The van der Waals surface area contributed by atoms with E-state index in [9.17, 15) is 0 Å². The van der Waals surface area contributed by atoms with Crippen molar-refractivity contribution < 1.29 is 0 Å². The van der Waals surface area contributed by atoms with Crippen molar-refractivity contribution in [3.63, 3.8) is 0 Å². The highest BCUT2D eigenvalue weighted by molar-refractivity contribution is 7.13. The molecule has 0 aliphatic rings. The highest BCUT2D eigenvalue weighted by Crippen LogP contribution is 2.49. The van der Waals surface area contributed by atoms with E-state index in [1.54, 1.807) is 11.3 Å². The molecule has 17 heavy (non-hydrogen) atoms. The average Bonchev–Trinajstić information content (AvgIpc) is 2.42. The van der Waals surface area contributed by atoms with E-state index in [0.29, 0.717) is 0 Å². The molecule has 1 aromatic rings. The molecule has 0 nitrogen and oxygen atoms in total. The van der Waals surface area contributed by atoms with E-state index in [0.717, 1.165) is 10.4 Å². The number of rotatable bonds is 0. The van der Waals surface area contributed by atoms with Gasteiger partial charge in [-0.2, -0.15) is 0 Å². The number of hydrogen-bond donors (Lipinski definition) is 0. The summed E-state index contributed by atoms with van der Waals surface area (Å²) in [4.78, 5) is 2.10. The first-order valence-corrected chi connectivity index (χ1v) is 7.50. The van der Waals surface area contributed by atoms with Crippen molar-refractivity contribution >= 4 is 46.1 Å². The van der Waals surface area contributed by atoms with Gasteiger partial charge in [0.25, 0.3) is 0 Å². The zero-order chi connectivity index (χ0) is 13.6. The van der Waals surface area contributed by atoms with Gasteiger partial charge in [-0.3, -0.25) is 0 Å². The summed E-state index contributed by atoms with van der Waals surface area (Å²) in [6.45, 7) is 12.9. The summed E-state index contributed by atoms with van der Waals surface area (Å²) in [6, 6.07) is 2.18. The molecule has 0 aliphatic heterocycles. The first-order chi connectivity index (χ1) is 7.33. The normalized spacial score (nSPS) is 14.2. The molecule has 1 aromatic heterocycles. The van der Waals surface area contributed by atoms with Gasteiger partial charge in [0, 0.05) is 4.88 Å². The predicted octanol–water partition coefficient (Wildman–Crippen LogP) is 6.17. The largest absolute Gasteiger partial charge is 0.225 e. The lowest BCUT2D eigenvalue weighted by Crippen LogP contribution is -2.15. The number of thiophene rings is 1. The Balaban J connectivity index is 3.44. The molecule has 0 radical (unpaired) electrons. The molecule has 0 saturated heterocycles. The molecule has 0 atom stereocenters. The maximum atomic E-state index is 6.07. The van der Waals surface area contributed by atoms with Gasteiger partial charge in [-0.25, -0.2) is 0 Å². The zero-order valence-electron chi connectivity index (χ0n) is 11.1. The van der Waals surface area contributed by atoms with Gasteiger partial charge in [0.15, 0.2) is 0 Å². The van der Waals surface area contributed by atoms with Gasteiger partial charge in [-0.1, -0.05) is 76.3 Å². The van der Waals surface area contributed by atoms with Gasteiger partial charge < -0.3 is 0 Å². The lowest BCUT2D eigenvalue weighted by atomic mass is 9.85. The van der Waals surface area contributed by atoms with Crippen molar-refractivity contribution in [1.29, 1.82) is 0 Å². The highest BCUT2D eigenvalue weighted by Gasteiger charge is 2.34. The quantitative estimate of drug-likeness (QED) is 0.502. The van der Waals surface area contributed by atoms with Crippen LogP contribution in [0.4, 0.5) is 0 Å². The van der Waals surface area contributed by atoms with E-state index in [2.05, 4.69) is 47.6 Å². The zero-order valence-corrected chi connectivity index (χ0v) is 14.2. The van der Waals surface area contributed by atoms with E-state index in [1.807, 2.05) is 0 Å². The molecular weight excluding hydrogens is 295 g/mol. The van der Waals surface area contributed by atoms with Gasteiger partial charge in [0.1, 0.15) is 0 Å². The van der Waals surface area contributed by atoms with Crippen LogP contribution in [-0.4, -0.2) is 0 Å². The third kappa shape index (κ3) is 3.76. The standard InChI is InChI=1S/C13H19Cl3S/c1-11(2,3)8-7-9(12(4,5)6)17-10(8)13(14,15)16/h7H,1-6H3. The van der Waals surface area contributed by atoms with E-state index >= 15 is 0 Å². The molecule has 0 bridgehead atoms. The van der Waals surface area contributed by atoms with Crippen molar-refractivity contribution in [1.82, 2.24) is 0 Å². The molecule has 0 aliphatic carbocycles. The fourth-order valence-electron chi connectivity index (χ4n) is 1.53. The van der Waals surface area contributed by atoms with E-state index in [1.165, 1.54) is 4.88 Å². The fourth-order valence-corrected chi connectivity index (χ4v) is 3.47. The van der Waals surface area contributed by atoms with Crippen LogP contribution in [0.15, 0.2) is 6.07 Å². The SMILES string of the molecule is CC(C)(C)c1cc(C(C)(C)C)c(C(Cl)(Cl)Cl)s1. The lowest BCUT2D eigenvalue weighted by molar-refractivity contribution is 0.578. The summed E-state index contributed by atoms with van der Waals surface area (Å²) in [6.07, 6.45) is 0. The molecular formula is C13H19Cl3S. The van der Waals surface area contributed by atoms with Crippen molar-refractivity contribution in [3.05, 3.63) is 21.4 Å². The fraction of sp³-hybridized carbons (Fsp3) is 0.692. The second-order valence-electron chi connectivity index (χ2n) is 6.35. The molecule has 4 heteroatoms. The second kappa shape index (κ2) is 4.59. The van der Waals surface area contributed by atoms with Crippen LogP contribution in [0, 0.1) is 0 Å². The Morgan fingerprint density at radius 1 is 0.882 bits per heavy atom. The predicted molar refractivity (Wildman–Crippen MR) is 81.0 cm³/mol. The number of alkyl halides is 3. The lowest BCUT2D eigenvalue weighted by Gasteiger charge is -2.22. The maximum Gasteiger partial charge on any atom is 0.225 e. The summed E-state index contributed by atoms with van der Waals surface area (Å²) in [7, 11) is 0. The van der Waals surface area contributed by atoms with Crippen LogP contribution in [0.5, 0.6) is 0 Å². The topological polar surface area (TPSA) is 0 Å². The molecule has 0 aromatic carbocycles. The summed E-state index contributed by atoms with van der Waals surface area (Å²) < 4.78 is -1.34. The molecule has 0 fully saturated rings. The van der Waals surface area contributed by atoms with Crippen LogP contribution in [0.2, 0.25) is 0 Å². The van der Waals surface area contributed by atoms with E-state index in [-0.39, 0.29) is 10.8 Å². The van der Waals surface area contributed by atoms with E-state index in [4.69, 9.17) is 34.8 Å². The van der Waals surface area contributed by atoms with Gasteiger partial charge in [0.05, 0.1) is 4.88 Å². The van der Waals surface area contributed by atoms with Crippen molar-refractivity contribution in [2.45, 2.75) is 56.2 Å². The molecule has 1 rings (SSSR count). The summed E-state index contributed by atoms with van der Waals surface area (Å²) in [5.74, 6) is 0. The summed E-state index contributed by atoms with van der Waals surface area (Å²) in [5.41, 5.74) is 1.20. The minimum atomic E-state index is -1.34. The monoisotopic (exact) mass is 312 g/mol. The van der Waals surface area contributed by atoms with Gasteiger partial charge in [-0.05, 0) is 22.5 Å². The molecule has 0 saturated carbocycles. The van der Waals surface area contributed by atoms with Gasteiger partial charge in [0.2, 0.25) is 3.79 Å². The Morgan fingerprint density at radius 3 is 1.59 bits per heavy atom. The first-order valence-electron chi connectivity index (χ1n) is 5.55. The van der Waals surface area contributed by atoms with Crippen LogP contribution < -0.4 is 0 Å². The number of hydrogen-bond acceptors (Lipinski definition) is 1. The highest BCUT2D eigenvalue weighted by atomic mass is 35.6. The van der Waals surface area contributed by atoms with Gasteiger partial charge >= 0.3 is 0 Å². The Labute approximate surface area is 123 Å². The van der Waals surface area contributed by atoms with Crippen molar-refractivity contribution in [3.8, 4) is 0 Å². The third-order valence-corrected chi connectivity index (χ3v) is 5.12.